The lowest BCUT2D eigenvalue weighted by molar-refractivity contribution is 0.0984. The molecule has 0 amide bonds. The monoisotopic (exact) mass is 229 g/mol. The summed E-state index contributed by atoms with van der Waals surface area (Å²) in [5.41, 5.74) is 1.50. The minimum Gasteiger partial charge on any atom is -0.348 e. The van der Waals surface area contributed by atoms with Crippen LogP contribution in [0, 0.1) is 5.82 Å². The molecular weight excluding hydrogens is 217 g/mol. The molecule has 0 spiro atoms. The molecule has 1 aromatic carbocycles. The highest BCUT2D eigenvalue weighted by Gasteiger charge is 2.19. The molecule has 1 heterocycles. The first-order valence-corrected chi connectivity index (χ1v) is 5.66. The van der Waals surface area contributed by atoms with Gasteiger partial charge in [0.1, 0.15) is 0 Å². The van der Waals surface area contributed by atoms with E-state index in [9.17, 15) is 9.18 Å². The number of nitrogens with zero attached hydrogens (tertiary/aromatic N) is 1. The van der Waals surface area contributed by atoms with E-state index >= 15 is 0 Å². The van der Waals surface area contributed by atoms with Crippen LogP contribution < -0.4 is 0 Å². The van der Waals surface area contributed by atoms with Crippen LogP contribution in [-0.4, -0.2) is 10.4 Å². The minimum atomic E-state index is -0.295. The summed E-state index contributed by atoms with van der Waals surface area (Å²) < 4.78 is 16.1. The zero-order valence-electron chi connectivity index (χ0n) is 9.53. The largest absolute Gasteiger partial charge is 0.348 e. The Morgan fingerprint density at radius 2 is 2.24 bits per heavy atom. The maximum absolute atomic E-state index is 14.4. The lowest BCUT2D eigenvalue weighted by atomic mass is 10.0. The predicted octanol–water partition coefficient (Wildman–Crippen LogP) is 3.31. The number of carbonyl (C=O) groups is 1. The standard InChI is InChI=1S/C14H12FNO/c1-16-7-6-9-8-11-10(13(15)14(9)16)4-2-3-5-12(11)17/h2,4,6-8H,3,5H2,1H3. The van der Waals surface area contributed by atoms with E-state index in [0.29, 0.717) is 29.5 Å². The second kappa shape index (κ2) is 3.55. The van der Waals surface area contributed by atoms with Crippen LogP contribution in [-0.2, 0) is 7.05 Å². The smallest absolute Gasteiger partial charge is 0.163 e. The van der Waals surface area contributed by atoms with E-state index in [0.717, 1.165) is 5.39 Å². The number of aromatic nitrogens is 1. The van der Waals surface area contributed by atoms with Gasteiger partial charge < -0.3 is 4.57 Å². The van der Waals surface area contributed by atoms with Crippen molar-refractivity contribution >= 4 is 22.8 Å². The predicted molar refractivity (Wildman–Crippen MR) is 65.5 cm³/mol. The first-order chi connectivity index (χ1) is 8.18. The van der Waals surface area contributed by atoms with Crippen molar-refractivity contribution in [2.45, 2.75) is 12.8 Å². The molecule has 86 valence electrons. The number of benzene rings is 1. The Balaban J connectivity index is 2.43. The van der Waals surface area contributed by atoms with Gasteiger partial charge in [-0.15, -0.1) is 0 Å². The molecule has 0 radical (unpaired) electrons. The van der Waals surface area contributed by atoms with Crippen LogP contribution >= 0.6 is 0 Å². The third-order valence-corrected chi connectivity index (χ3v) is 3.26. The van der Waals surface area contributed by atoms with Crippen molar-refractivity contribution in [3.05, 3.63) is 41.3 Å². The first kappa shape index (κ1) is 10.3. The molecule has 3 rings (SSSR count). The van der Waals surface area contributed by atoms with Crippen LogP contribution in [0.2, 0.25) is 0 Å². The summed E-state index contributed by atoms with van der Waals surface area (Å²) >= 11 is 0. The molecule has 1 aromatic heterocycles. The number of ketones is 1. The summed E-state index contributed by atoms with van der Waals surface area (Å²) in [6.07, 6.45) is 6.54. The van der Waals surface area contributed by atoms with Gasteiger partial charge in [0.15, 0.2) is 11.6 Å². The van der Waals surface area contributed by atoms with E-state index < -0.39 is 0 Å². The molecule has 0 unspecified atom stereocenters. The highest BCUT2D eigenvalue weighted by molar-refractivity contribution is 6.04. The normalized spacial score (nSPS) is 15.1. The van der Waals surface area contributed by atoms with E-state index in [1.807, 2.05) is 12.1 Å². The van der Waals surface area contributed by atoms with Crippen LogP contribution in [0.3, 0.4) is 0 Å². The lowest BCUT2D eigenvalue weighted by Gasteiger charge is -2.07. The second-order valence-electron chi connectivity index (χ2n) is 4.38. The fourth-order valence-corrected chi connectivity index (χ4v) is 2.37. The van der Waals surface area contributed by atoms with Gasteiger partial charge in [-0.05, 0) is 18.6 Å². The Labute approximate surface area is 98.4 Å². The molecule has 0 fully saturated rings. The van der Waals surface area contributed by atoms with Crippen LogP contribution in [0.1, 0.15) is 28.8 Å². The van der Waals surface area contributed by atoms with Crippen molar-refractivity contribution in [1.29, 1.82) is 0 Å². The highest BCUT2D eigenvalue weighted by Crippen LogP contribution is 2.29. The van der Waals surface area contributed by atoms with E-state index in [-0.39, 0.29) is 11.6 Å². The maximum Gasteiger partial charge on any atom is 0.163 e. The third kappa shape index (κ3) is 1.42. The Hall–Kier alpha value is -1.90. The number of carbonyl (C=O) groups excluding carboxylic acids is 1. The summed E-state index contributed by atoms with van der Waals surface area (Å²) in [4.78, 5) is 11.9. The highest BCUT2D eigenvalue weighted by atomic mass is 19.1. The van der Waals surface area contributed by atoms with Crippen molar-refractivity contribution in [3.8, 4) is 0 Å². The molecule has 1 aliphatic carbocycles. The molecule has 0 saturated heterocycles. The number of aryl methyl sites for hydroxylation is 1. The third-order valence-electron chi connectivity index (χ3n) is 3.26. The number of hydrogen-bond donors (Lipinski definition) is 0. The van der Waals surface area contributed by atoms with Crippen LogP contribution in [0.4, 0.5) is 4.39 Å². The number of hydrogen-bond acceptors (Lipinski definition) is 1. The van der Waals surface area contributed by atoms with Gasteiger partial charge in [0.05, 0.1) is 5.52 Å². The number of Topliss-reactive ketones (excluding diaryl/α,β-unsaturated/α-hetero) is 1. The molecule has 0 saturated carbocycles. The summed E-state index contributed by atoms with van der Waals surface area (Å²) in [5, 5.41) is 0.785. The van der Waals surface area contributed by atoms with Crippen molar-refractivity contribution < 1.29 is 9.18 Å². The van der Waals surface area contributed by atoms with Gasteiger partial charge in [0.2, 0.25) is 0 Å². The Morgan fingerprint density at radius 1 is 1.41 bits per heavy atom. The van der Waals surface area contributed by atoms with Crippen LogP contribution in [0.25, 0.3) is 17.0 Å². The van der Waals surface area contributed by atoms with Crippen LogP contribution in [0.15, 0.2) is 24.4 Å². The van der Waals surface area contributed by atoms with Gasteiger partial charge in [0.25, 0.3) is 0 Å². The number of halogens is 1. The average molecular weight is 229 g/mol. The number of fused-ring (bicyclic) bond motifs is 2. The van der Waals surface area contributed by atoms with Gasteiger partial charge in [-0.25, -0.2) is 4.39 Å². The van der Waals surface area contributed by atoms with E-state index in [2.05, 4.69) is 0 Å². The van der Waals surface area contributed by atoms with E-state index in [1.54, 1.807) is 30.0 Å². The quantitative estimate of drug-likeness (QED) is 0.679. The van der Waals surface area contributed by atoms with Gasteiger partial charge >= 0.3 is 0 Å². The minimum absolute atomic E-state index is 0.0228. The van der Waals surface area contributed by atoms with Crippen molar-refractivity contribution in [3.63, 3.8) is 0 Å². The molecule has 3 heteroatoms. The fraction of sp³-hybridized carbons (Fsp3) is 0.214. The molecule has 0 aliphatic heterocycles. The average Bonchev–Trinajstić information content (AvgIpc) is 2.57. The summed E-state index contributed by atoms with van der Waals surface area (Å²) in [7, 11) is 1.81. The maximum atomic E-state index is 14.4. The van der Waals surface area contributed by atoms with Crippen molar-refractivity contribution in [1.82, 2.24) is 4.57 Å². The lowest BCUT2D eigenvalue weighted by Crippen LogP contribution is -2.03. The van der Waals surface area contributed by atoms with Crippen LogP contribution in [0.5, 0.6) is 0 Å². The molecule has 0 N–H and O–H groups in total. The molecule has 17 heavy (non-hydrogen) atoms. The zero-order valence-corrected chi connectivity index (χ0v) is 9.53. The van der Waals surface area contributed by atoms with Gasteiger partial charge in [-0.1, -0.05) is 12.2 Å². The van der Waals surface area contributed by atoms with E-state index in [1.165, 1.54) is 0 Å². The first-order valence-electron chi connectivity index (χ1n) is 5.66. The molecule has 1 aliphatic rings. The van der Waals surface area contributed by atoms with Gasteiger partial charge in [-0.2, -0.15) is 0 Å². The molecule has 0 atom stereocenters. The fourth-order valence-electron chi connectivity index (χ4n) is 2.37. The molecular formula is C14H12FNO. The van der Waals surface area contributed by atoms with E-state index in [4.69, 9.17) is 0 Å². The number of rotatable bonds is 0. The number of allylic oxidation sites excluding steroid dienone is 1. The van der Waals surface area contributed by atoms with Gasteiger partial charge in [0, 0.05) is 36.2 Å². The second-order valence-corrected chi connectivity index (χ2v) is 4.38. The molecule has 0 bridgehead atoms. The Morgan fingerprint density at radius 3 is 3.06 bits per heavy atom. The SMILES string of the molecule is Cn1ccc2cc3c(c(F)c21)C=CCCC3=O. The summed E-state index contributed by atoms with van der Waals surface area (Å²) in [5.74, 6) is -0.272. The Kier molecular flexibility index (Phi) is 2.15. The Bertz CT molecular complexity index is 652. The summed E-state index contributed by atoms with van der Waals surface area (Å²) in [6.45, 7) is 0. The van der Waals surface area contributed by atoms with Crippen molar-refractivity contribution in [2.75, 3.05) is 0 Å². The molecule has 2 nitrogen and oxygen atoms in total. The summed E-state index contributed by atoms with van der Waals surface area (Å²) in [6, 6.07) is 3.63. The molecule has 2 aromatic rings. The van der Waals surface area contributed by atoms with Gasteiger partial charge in [-0.3, -0.25) is 4.79 Å². The van der Waals surface area contributed by atoms with Crippen molar-refractivity contribution in [2.24, 2.45) is 7.05 Å². The topological polar surface area (TPSA) is 22.0 Å². The zero-order chi connectivity index (χ0) is 12.0.